The molecule has 0 unspecified atom stereocenters. The van der Waals surface area contributed by atoms with E-state index in [4.69, 9.17) is 0 Å². The molecular weight excluding hydrogens is 261 g/mol. The maximum atomic E-state index is 4.31. The van der Waals surface area contributed by atoms with Crippen molar-refractivity contribution in [1.29, 1.82) is 0 Å². The molecule has 0 aliphatic rings. The molecule has 1 aromatic heterocycles. The van der Waals surface area contributed by atoms with Crippen LogP contribution >= 0.6 is 22.6 Å². The van der Waals surface area contributed by atoms with Gasteiger partial charge in [0.25, 0.3) is 0 Å². The van der Waals surface area contributed by atoms with Gasteiger partial charge in [0, 0.05) is 15.5 Å². The standard InChI is InChI=1S/C10H14IN/c1-2-3-4-5-10-8-9(11)6-7-12-10/h6-8H,2-5H2,1H3. The molecule has 0 saturated carbocycles. The predicted molar refractivity (Wildman–Crippen MR) is 60.2 cm³/mol. The quantitative estimate of drug-likeness (QED) is 0.606. The summed E-state index contributed by atoms with van der Waals surface area (Å²) >= 11 is 2.33. The first-order valence-electron chi connectivity index (χ1n) is 4.43. The van der Waals surface area contributed by atoms with Crippen LogP contribution in [0.3, 0.4) is 0 Å². The molecule has 0 atom stereocenters. The molecule has 0 radical (unpaired) electrons. The summed E-state index contributed by atoms with van der Waals surface area (Å²) < 4.78 is 1.29. The fourth-order valence-corrected chi connectivity index (χ4v) is 1.66. The monoisotopic (exact) mass is 275 g/mol. The largest absolute Gasteiger partial charge is 0.261 e. The molecule has 0 spiro atoms. The van der Waals surface area contributed by atoms with E-state index in [-0.39, 0.29) is 0 Å². The van der Waals surface area contributed by atoms with Crippen molar-refractivity contribution >= 4 is 22.6 Å². The van der Waals surface area contributed by atoms with Gasteiger partial charge >= 0.3 is 0 Å². The predicted octanol–water partition coefficient (Wildman–Crippen LogP) is 3.42. The van der Waals surface area contributed by atoms with E-state index in [1.807, 2.05) is 12.3 Å². The molecule has 12 heavy (non-hydrogen) atoms. The normalized spacial score (nSPS) is 10.2. The van der Waals surface area contributed by atoms with Crippen LogP contribution in [0.5, 0.6) is 0 Å². The van der Waals surface area contributed by atoms with Crippen LogP contribution in [0, 0.1) is 3.57 Å². The third-order valence-corrected chi connectivity index (χ3v) is 2.49. The Kier molecular flexibility index (Phi) is 4.58. The molecule has 1 rings (SSSR count). The second-order valence-corrected chi connectivity index (χ2v) is 4.17. The first kappa shape index (κ1) is 9.96. The van der Waals surface area contributed by atoms with Gasteiger partial charge in [-0.1, -0.05) is 19.8 Å². The molecule has 0 aliphatic carbocycles. The second kappa shape index (κ2) is 5.51. The van der Waals surface area contributed by atoms with Crippen molar-refractivity contribution < 1.29 is 0 Å². The summed E-state index contributed by atoms with van der Waals surface area (Å²) in [5.74, 6) is 0. The van der Waals surface area contributed by atoms with Crippen molar-refractivity contribution in [2.24, 2.45) is 0 Å². The molecule has 0 amide bonds. The van der Waals surface area contributed by atoms with E-state index in [1.165, 1.54) is 28.5 Å². The Hall–Kier alpha value is -0.120. The SMILES string of the molecule is CCCCCc1cc(I)ccn1. The molecule has 0 fully saturated rings. The van der Waals surface area contributed by atoms with E-state index in [9.17, 15) is 0 Å². The Morgan fingerprint density at radius 3 is 2.92 bits per heavy atom. The number of unbranched alkanes of at least 4 members (excludes halogenated alkanes) is 2. The Bertz CT molecular complexity index is 235. The van der Waals surface area contributed by atoms with Crippen molar-refractivity contribution in [3.8, 4) is 0 Å². The van der Waals surface area contributed by atoms with Crippen LogP contribution in [0.2, 0.25) is 0 Å². The molecule has 0 aromatic carbocycles. The first-order chi connectivity index (χ1) is 5.83. The summed E-state index contributed by atoms with van der Waals surface area (Å²) in [6, 6.07) is 4.19. The molecule has 1 nitrogen and oxygen atoms in total. The zero-order chi connectivity index (χ0) is 8.81. The van der Waals surface area contributed by atoms with Gasteiger partial charge in [0.05, 0.1) is 0 Å². The highest BCUT2D eigenvalue weighted by molar-refractivity contribution is 14.1. The molecule has 0 bridgehead atoms. The van der Waals surface area contributed by atoms with Crippen LogP contribution in [0.1, 0.15) is 31.9 Å². The number of halogens is 1. The van der Waals surface area contributed by atoms with E-state index in [0.717, 1.165) is 6.42 Å². The van der Waals surface area contributed by atoms with Crippen molar-refractivity contribution in [2.45, 2.75) is 32.6 Å². The van der Waals surface area contributed by atoms with Crippen LogP contribution in [0.4, 0.5) is 0 Å². The van der Waals surface area contributed by atoms with Gasteiger partial charge < -0.3 is 0 Å². The van der Waals surface area contributed by atoms with E-state index in [2.05, 4.69) is 40.6 Å². The first-order valence-corrected chi connectivity index (χ1v) is 5.51. The van der Waals surface area contributed by atoms with E-state index >= 15 is 0 Å². The second-order valence-electron chi connectivity index (χ2n) is 2.92. The maximum Gasteiger partial charge on any atom is 0.0414 e. The van der Waals surface area contributed by atoms with Gasteiger partial charge in [-0.05, 0) is 47.6 Å². The summed E-state index contributed by atoms with van der Waals surface area (Å²) in [5.41, 5.74) is 1.23. The van der Waals surface area contributed by atoms with Gasteiger partial charge in [-0.3, -0.25) is 4.98 Å². The third-order valence-electron chi connectivity index (χ3n) is 1.82. The molecule has 0 aliphatic heterocycles. The van der Waals surface area contributed by atoms with Gasteiger partial charge in [-0.2, -0.15) is 0 Å². The molecule has 1 aromatic rings. The lowest BCUT2D eigenvalue weighted by Gasteiger charge is -1.99. The number of aryl methyl sites for hydroxylation is 1. The minimum atomic E-state index is 1.13. The third kappa shape index (κ3) is 3.52. The Morgan fingerprint density at radius 2 is 2.25 bits per heavy atom. The van der Waals surface area contributed by atoms with Gasteiger partial charge in [0.1, 0.15) is 0 Å². The molecule has 0 N–H and O–H groups in total. The van der Waals surface area contributed by atoms with Crippen molar-refractivity contribution in [1.82, 2.24) is 4.98 Å². The van der Waals surface area contributed by atoms with Crippen molar-refractivity contribution in [3.63, 3.8) is 0 Å². The molecule has 66 valence electrons. The van der Waals surface area contributed by atoms with Crippen LogP contribution in [-0.2, 0) is 6.42 Å². The summed E-state index contributed by atoms with van der Waals surface area (Å²) in [6.07, 6.45) is 6.88. The van der Waals surface area contributed by atoms with E-state index in [1.54, 1.807) is 0 Å². The molecule has 0 saturated heterocycles. The maximum absolute atomic E-state index is 4.31. The topological polar surface area (TPSA) is 12.9 Å². The highest BCUT2D eigenvalue weighted by Gasteiger charge is 1.94. The summed E-state index contributed by atoms with van der Waals surface area (Å²) in [5, 5.41) is 0. The average molecular weight is 275 g/mol. The van der Waals surface area contributed by atoms with Crippen LogP contribution in [0.25, 0.3) is 0 Å². The number of rotatable bonds is 4. The summed E-state index contributed by atoms with van der Waals surface area (Å²) in [6.45, 7) is 2.22. The van der Waals surface area contributed by atoms with Crippen molar-refractivity contribution in [3.05, 3.63) is 27.6 Å². The van der Waals surface area contributed by atoms with Crippen LogP contribution < -0.4 is 0 Å². The molecule has 1 heterocycles. The average Bonchev–Trinajstić information content (AvgIpc) is 2.05. The van der Waals surface area contributed by atoms with Gasteiger partial charge in [-0.25, -0.2) is 0 Å². The highest BCUT2D eigenvalue weighted by Crippen LogP contribution is 2.08. The zero-order valence-electron chi connectivity index (χ0n) is 7.39. The number of aromatic nitrogens is 1. The van der Waals surface area contributed by atoms with Crippen molar-refractivity contribution in [2.75, 3.05) is 0 Å². The molecular formula is C10H14IN. The van der Waals surface area contributed by atoms with Gasteiger partial charge in [0.15, 0.2) is 0 Å². The van der Waals surface area contributed by atoms with Crippen LogP contribution in [0.15, 0.2) is 18.3 Å². The number of hydrogen-bond acceptors (Lipinski definition) is 1. The van der Waals surface area contributed by atoms with Crippen LogP contribution in [-0.4, -0.2) is 4.98 Å². The highest BCUT2D eigenvalue weighted by atomic mass is 127. The number of hydrogen-bond donors (Lipinski definition) is 0. The van der Waals surface area contributed by atoms with Gasteiger partial charge in [0.2, 0.25) is 0 Å². The van der Waals surface area contributed by atoms with E-state index < -0.39 is 0 Å². The Labute approximate surface area is 87.7 Å². The van der Waals surface area contributed by atoms with Gasteiger partial charge in [-0.15, -0.1) is 0 Å². The lowest BCUT2D eigenvalue weighted by atomic mass is 10.1. The van der Waals surface area contributed by atoms with E-state index in [0.29, 0.717) is 0 Å². The lowest BCUT2D eigenvalue weighted by molar-refractivity contribution is 0.707. The smallest absolute Gasteiger partial charge is 0.0414 e. The lowest BCUT2D eigenvalue weighted by Crippen LogP contribution is -1.90. The minimum absolute atomic E-state index is 1.13. The minimum Gasteiger partial charge on any atom is -0.261 e. The Balaban J connectivity index is 2.41. The molecule has 2 heteroatoms. The summed E-state index contributed by atoms with van der Waals surface area (Å²) in [4.78, 5) is 4.31. The zero-order valence-corrected chi connectivity index (χ0v) is 9.54. The fourth-order valence-electron chi connectivity index (χ4n) is 1.14. The Morgan fingerprint density at radius 1 is 1.42 bits per heavy atom. The summed E-state index contributed by atoms with van der Waals surface area (Å²) in [7, 11) is 0. The number of pyridine rings is 1. The fraction of sp³-hybridized carbons (Fsp3) is 0.500. The number of nitrogens with zero attached hydrogens (tertiary/aromatic N) is 1.